The molecule has 122 valence electrons. The number of aliphatic hydroxyl groups is 1. The van der Waals surface area contributed by atoms with Crippen LogP contribution in [-0.4, -0.2) is 46.5 Å². The Morgan fingerprint density at radius 1 is 1.45 bits per heavy atom. The van der Waals surface area contributed by atoms with Gasteiger partial charge >= 0.3 is 0 Å². The topological polar surface area (TPSA) is 58.5 Å². The van der Waals surface area contributed by atoms with Gasteiger partial charge in [0.2, 0.25) is 0 Å². The molecular weight excluding hydrogens is 278 g/mol. The second kappa shape index (κ2) is 6.13. The standard InChI is InChI=1S/C17H27N3O2/c1-4-15-18-12(2)10-16(19-15)20-8-5-6-14(20)13-11-22-9-7-17(13,3)21/h10,13-14,21H,4-9,11H2,1-3H3/t13-,14+,17-/m0/s1. The van der Waals surface area contributed by atoms with E-state index in [2.05, 4.69) is 22.9 Å². The van der Waals surface area contributed by atoms with Crippen molar-refractivity contribution < 1.29 is 9.84 Å². The van der Waals surface area contributed by atoms with E-state index in [1.165, 1.54) is 0 Å². The molecule has 3 atom stereocenters. The summed E-state index contributed by atoms with van der Waals surface area (Å²) in [6.45, 7) is 8.35. The van der Waals surface area contributed by atoms with E-state index in [9.17, 15) is 5.11 Å². The SMILES string of the molecule is CCc1nc(C)cc(N2CCC[C@@H]2[C@@H]2COCC[C@]2(C)O)n1. The van der Waals surface area contributed by atoms with Crippen LogP contribution in [0.4, 0.5) is 5.82 Å². The molecule has 1 aromatic heterocycles. The molecule has 3 rings (SSSR count). The summed E-state index contributed by atoms with van der Waals surface area (Å²) >= 11 is 0. The Hall–Kier alpha value is -1.20. The molecule has 0 unspecified atom stereocenters. The lowest BCUT2D eigenvalue weighted by atomic mass is 9.79. The normalized spacial score (nSPS) is 32.5. The molecule has 0 aromatic carbocycles. The molecule has 5 heteroatoms. The molecule has 1 aromatic rings. The highest BCUT2D eigenvalue weighted by molar-refractivity contribution is 5.43. The number of nitrogens with zero attached hydrogens (tertiary/aromatic N) is 3. The van der Waals surface area contributed by atoms with E-state index < -0.39 is 5.60 Å². The Morgan fingerprint density at radius 2 is 2.27 bits per heavy atom. The predicted molar refractivity (Wildman–Crippen MR) is 86.1 cm³/mol. The molecule has 5 nitrogen and oxygen atoms in total. The van der Waals surface area contributed by atoms with Crippen LogP contribution in [0.2, 0.25) is 0 Å². The van der Waals surface area contributed by atoms with Gasteiger partial charge in [-0.2, -0.15) is 0 Å². The van der Waals surface area contributed by atoms with E-state index in [0.29, 0.717) is 25.7 Å². The molecule has 2 fully saturated rings. The van der Waals surface area contributed by atoms with Gasteiger partial charge in [-0.1, -0.05) is 6.92 Å². The summed E-state index contributed by atoms with van der Waals surface area (Å²) in [7, 11) is 0. The largest absolute Gasteiger partial charge is 0.390 e. The Labute approximate surface area is 132 Å². The number of rotatable bonds is 3. The summed E-state index contributed by atoms with van der Waals surface area (Å²) in [5.74, 6) is 2.05. The zero-order valence-electron chi connectivity index (χ0n) is 13.9. The number of ether oxygens (including phenoxy) is 1. The van der Waals surface area contributed by atoms with Gasteiger partial charge < -0.3 is 14.7 Å². The maximum atomic E-state index is 10.8. The molecule has 3 heterocycles. The minimum Gasteiger partial charge on any atom is -0.390 e. The van der Waals surface area contributed by atoms with E-state index in [1.54, 1.807) is 0 Å². The van der Waals surface area contributed by atoms with Gasteiger partial charge in [-0.25, -0.2) is 9.97 Å². The molecule has 2 aliphatic rings. The fraction of sp³-hybridized carbons (Fsp3) is 0.765. The minimum absolute atomic E-state index is 0.143. The average molecular weight is 305 g/mol. The maximum absolute atomic E-state index is 10.8. The van der Waals surface area contributed by atoms with Gasteiger partial charge in [0.05, 0.1) is 12.2 Å². The van der Waals surface area contributed by atoms with Gasteiger partial charge in [0.25, 0.3) is 0 Å². The molecule has 2 aliphatic heterocycles. The van der Waals surface area contributed by atoms with Gasteiger partial charge in [-0.3, -0.25) is 0 Å². The quantitative estimate of drug-likeness (QED) is 0.927. The lowest BCUT2D eigenvalue weighted by molar-refractivity contribution is -0.108. The van der Waals surface area contributed by atoms with Crippen LogP contribution in [0.5, 0.6) is 0 Å². The van der Waals surface area contributed by atoms with Gasteiger partial charge in [0.15, 0.2) is 0 Å². The second-order valence-corrected chi connectivity index (χ2v) is 6.83. The Kier molecular flexibility index (Phi) is 4.37. The number of aryl methyl sites for hydroxylation is 2. The van der Waals surface area contributed by atoms with Crippen LogP contribution in [0.15, 0.2) is 6.07 Å². The van der Waals surface area contributed by atoms with Crippen LogP contribution in [0.3, 0.4) is 0 Å². The number of hydrogen-bond donors (Lipinski definition) is 1. The highest BCUT2D eigenvalue weighted by Crippen LogP contribution is 2.37. The third-order valence-electron chi connectivity index (χ3n) is 5.11. The van der Waals surface area contributed by atoms with Gasteiger partial charge in [-0.05, 0) is 33.1 Å². The number of hydrogen-bond acceptors (Lipinski definition) is 5. The van der Waals surface area contributed by atoms with Crippen molar-refractivity contribution in [2.75, 3.05) is 24.7 Å². The first-order valence-electron chi connectivity index (χ1n) is 8.42. The van der Waals surface area contributed by atoms with E-state index in [1.807, 2.05) is 13.8 Å². The number of anilines is 1. The van der Waals surface area contributed by atoms with Crippen molar-refractivity contribution in [3.05, 3.63) is 17.6 Å². The first-order valence-corrected chi connectivity index (χ1v) is 8.42. The third-order valence-corrected chi connectivity index (χ3v) is 5.11. The fourth-order valence-electron chi connectivity index (χ4n) is 3.79. The van der Waals surface area contributed by atoms with Crippen molar-refractivity contribution in [1.29, 1.82) is 0 Å². The van der Waals surface area contributed by atoms with Crippen molar-refractivity contribution in [2.45, 2.75) is 58.1 Å². The van der Waals surface area contributed by atoms with Gasteiger partial charge in [0, 0.05) is 43.3 Å². The van der Waals surface area contributed by atoms with Crippen molar-refractivity contribution in [3.63, 3.8) is 0 Å². The molecule has 0 saturated carbocycles. The zero-order chi connectivity index (χ0) is 15.7. The Balaban J connectivity index is 1.88. The van der Waals surface area contributed by atoms with Crippen molar-refractivity contribution in [3.8, 4) is 0 Å². The van der Waals surface area contributed by atoms with Crippen LogP contribution in [0.1, 0.15) is 44.6 Å². The molecule has 0 amide bonds. The molecule has 0 spiro atoms. The van der Waals surface area contributed by atoms with Crippen molar-refractivity contribution in [1.82, 2.24) is 9.97 Å². The number of aromatic nitrogens is 2. The fourth-order valence-corrected chi connectivity index (χ4v) is 3.79. The molecule has 0 bridgehead atoms. The predicted octanol–water partition coefficient (Wildman–Crippen LogP) is 2.10. The average Bonchev–Trinajstić information content (AvgIpc) is 2.95. The lowest BCUT2D eigenvalue weighted by Gasteiger charge is -2.43. The van der Waals surface area contributed by atoms with Crippen molar-refractivity contribution >= 4 is 5.82 Å². The summed E-state index contributed by atoms with van der Waals surface area (Å²) in [5, 5.41) is 10.8. The summed E-state index contributed by atoms with van der Waals surface area (Å²) in [4.78, 5) is 11.6. The molecule has 2 saturated heterocycles. The van der Waals surface area contributed by atoms with Crippen LogP contribution in [0.25, 0.3) is 0 Å². The van der Waals surface area contributed by atoms with E-state index in [-0.39, 0.29) is 5.92 Å². The Bertz CT molecular complexity index is 533. The summed E-state index contributed by atoms with van der Waals surface area (Å²) in [5.41, 5.74) is 0.361. The highest BCUT2D eigenvalue weighted by Gasteiger charge is 2.44. The monoisotopic (exact) mass is 305 g/mol. The third kappa shape index (κ3) is 2.97. The molecule has 0 aliphatic carbocycles. The Morgan fingerprint density at radius 3 is 3.00 bits per heavy atom. The van der Waals surface area contributed by atoms with E-state index in [4.69, 9.17) is 9.72 Å². The molecule has 0 radical (unpaired) electrons. The highest BCUT2D eigenvalue weighted by atomic mass is 16.5. The second-order valence-electron chi connectivity index (χ2n) is 6.83. The lowest BCUT2D eigenvalue weighted by Crippen LogP contribution is -2.52. The van der Waals surface area contributed by atoms with E-state index in [0.717, 1.165) is 43.1 Å². The minimum atomic E-state index is -0.652. The summed E-state index contributed by atoms with van der Waals surface area (Å²) in [6, 6.07) is 2.37. The molecular formula is C17H27N3O2. The maximum Gasteiger partial charge on any atom is 0.132 e. The summed E-state index contributed by atoms with van der Waals surface area (Å²) in [6.07, 6.45) is 3.79. The first kappa shape index (κ1) is 15.7. The van der Waals surface area contributed by atoms with Crippen molar-refractivity contribution in [2.24, 2.45) is 5.92 Å². The zero-order valence-corrected chi connectivity index (χ0v) is 13.9. The van der Waals surface area contributed by atoms with Crippen LogP contribution >= 0.6 is 0 Å². The van der Waals surface area contributed by atoms with Crippen LogP contribution in [0, 0.1) is 12.8 Å². The van der Waals surface area contributed by atoms with Gasteiger partial charge in [-0.15, -0.1) is 0 Å². The molecule has 22 heavy (non-hydrogen) atoms. The van der Waals surface area contributed by atoms with Crippen LogP contribution < -0.4 is 4.90 Å². The first-order chi connectivity index (χ1) is 10.5. The van der Waals surface area contributed by atoms with E-state index >= 15 is 0 Å². The van der Waals surface area contributed by atoms with Gasteiger partial charge in [0.1, 0.15) is 11.6 Å². The summed E-state index contributed by atoms with van der Waals surface area (Å²) < 4.78 is 5.66. The smallest absolute Gasteiger partial charge is 0.132 e. The van der Waals surface area contributed by atoms with Crippen LogP contribution in [-0.2, 0) is 11.2 Å². The molecule has 1 N–H and O–H groups in total.